The first-order valence-corrected chi connectivity index (χ1v) is 4.56. The van der Waals surface area contributed by atoms with Crippen LogP contribution in [-0.2, 0) is 6.54 Å². The Bertz CT molecular complexity index is 194. The maximum Gasteiger partial charge on any atom is 0.117 e. The molecular formula is C10H17NO. The van der Waals surface area contributed by atoms with Crippen LogP contribution in [0.2, 0.25) is 0 Å². The van der Waals surface area contributed by atoms with Gasteiger partial charge in [0.2, 0.25) is 0 Å². The molecular weight excluding hydrogens is 150 g/mol. The van der Waals surface area contributed by atoms with Gasteiger partial charge in [-0.3, -0.25) is 0 Å². The van der Waals surface area contributed by atoms with Gasteiger partial charge in [0.05, 0.1) is 12.8 Å². The number of nitrogens with one attached hydrogen (secondary N) is 1. The second kappa shape index (κ2) is 4.99. The van der Waals surface area contributed by atoms with Crippen LogP contribution in [0, 0.1) is 5.92 Å². The van der Waals surface area contributed by atoms with Gasteiger partial charge in [-0.2, -0.15) is 0 Å². The van der Waals surface area contributed by atoms with Gasteiger partial charge in [-0.05, 0) is 24.6 Å². The summed E-state index contributed by atoms with van der Waals surface area (Å²) in [5.74, 6) is 1.76. The summed E-state index contributed by atoms with van der Waals surface area (Å²) in [4.78, 5) is 0. The highest BCUT2D eigenvalue weighted by molar-refractivity contribution is 4.97. The van der Waals surface area contributed by atoms with E-state index < -0.39 is 0 Å². The van der Waals surface area contributed by atoms with Crippen LogP contribution in [-0.4, -0.2) is 6.54 Å². The molecule has 1 heterocycles. The van der Waals surface area contributed by atoms with Crippen LogP contribution in [0.4, 0.5) is 0 Å². The Hall–Kier alpha value is -0.760. The van der Waals surface area contributed by atoms with Gasteiger partial charge in [-0.25, -0.2) is 0 Å². The molecule has 0 aliphatic carbocycles. The zero-order chi connectivity index (χ0) is 8.81. The molecule has 0 aromatic carbocycles. The second-order valence-electron chi connectivity index (χ2n) is 3.22. The molecule has 0 amide bonds. The summed E-state index contributed by atoms with van der Waals surface area (Å²) in [5.41, 5.74) is 0. The first-order chi connectivity index (χ1) is 5.83. The minimum absolute atomic E-state index is 0.750. The highest BCUT2D eigenvalue weighted by atomic mass is 16.3. The molecule has 12 heavy (non-hydrogen) atoms. The monoisotopic (exact) mass is 167 g/mol. The fraction of sp³-hybridized carbons (Fsp3) is 0.600. The van der Waals surface area contributed by atoms with Gasteiger partial charge in [-0.15, -0.1) is 0 Å². The second-order valence-corrected chi connectivity index (χ2v) is 3.22. The van der Waals surface area contributed by atoms with Crippen molar-refractivity contribution in [3.63, 3.8) is 0 Å². The minimum Gasteiger partial charge on any atom is -0.468 e. The molecule has 0 bridgehead atoms. The third-order valence-corrected chi connectivity index (χ3v) is 2.07. The Kier molecular flexibility index (Phi) is 3.88. The molecule has 1 rings (SSSR count). The Labute approximate surface area is 74.0 Å². The third kappa shape index (κ3) is 3.09. The molecule has 0 aliphatic heterocycles. The van der Waals surface area contributed by atoms with Crippen LogP contribution in [0.3, 0.4) is 0 Å². The molecule has 68 valence electrons. The Balaban J connectivity index is 2.11. The lowest BCUT2D eigenvalue weighted by Gasteiger charge is -2.08. The summed E-state index contributed by atoms with van der Waals surface area (Å²) in [6.45, 7) is 6.36. The van der Waals surface area contributed by atoms with Crippen molar-refractivity contribution in [1.29, 1.82) is 0 Å². The Morgan fingerprint density at radius 1 is 1.58 bits per heavy atom. The zero-order valence-electron chi connectivity index (χ0n) is 7.84. The average Bonchev–Trinajstić information content (AvgIpc) is 2.57. The topological polar surface area (TPSA) is 25.2 Å². The number of furan rings is 1. The van der Waals surface area contributed by atoms with Crippen molar-refractivity contribution in [1.82, 2.24) is 5.32 Å². The average molecular weight is 167 g/mol. The number of rotatable bonds is 5. The molecule has 2 nitrogen and oxygen atoms in total. The van der Waals surface area contributed by atoms with Gasteiger partial charge < -0.3 is 9.73 Å². The van der Waals surface area contributed by atoms with Crippen LogP contribution in [0.5, 0.6) is 0 Å². The van der Waals surface area contributed by atoms with E-state index >= 15 is 0 Å². The molecule has 2 heteroatoms. The van der Waals surface area contributed by atoms with E-state index in [1.54, 1.807) is 6.26 Å². The van der Waals surface area contributed by atoms with Crippen LogP contribution in [0.1, 0.15) is 26.0 Å². The Morgan fingerprint density at radius 2 is 2.42 bits per heavy atom. The van der Waals surface area contributed by atoms with E-state index in [-0.39, 0.29) is 0 Å². The molecule has 0 aliphatic rings. The van der Waals surface area contributed by atoms with Gasteiger partial charge in [0.1, 0.15) is 5.76 Å². The smallest absolute Gasteiger partial charge is 0.117 e. The molecule has 1 N–H and O–H groups in total. The van der Waals surface area contributed by atoms with Crippen LogP contribution in [0.25, 0.3) is 0 Å². The summed E-state index contributed by atoms with van der Waals surface area (Å²) < 4.78 is 5.19. The molecule has 1 atom stereocenters. The maximum atomic E-state index is 5.19. The van der Waals surface area contributed by atoms with E-state index in [1.165, 1.54) is 6.42 Å². The van der Waals surface area contributed by atoms with Crippen LogP contribution >= 0.6 is 0 Å². The highest BCUT2D eigenvalue weighted by Gasteiger charge is 1.98. The molecule has 0 saturated heterocycles. The predicted octanol–water partition coefficient (Wildman–Crippen LogP) is 2.42. The van der Waals surface area contributed by atoms with Gasteiger partial charge in [-0.1, -0.05) is 20.3 Å². The molecule has 1 aromatic heterocycles. The van der Waals surface area contributed by atoms with E-state index in [1.807, 2.05) is 12.1 Å². The Morgan fingerprint density at radius 3 is 3.00 bits per heavy atom. The van der Waals surface area contributed by atoms with Crippen molar-refractivity contribution >= 4 is 0 Å². The fourth-order valence-electron chi connectivity index (χ4n) is 0.999. The lowest BCUT2D eigenvalue weighted by Crippen LogP contribution is -2.19. The van der Waals surface area contributed by atoms with Gasteiger partial charge >= 0.3 is 0 Å². The summed E-state index contributed by atoms with van der Waals surface area (Å²) in [5, 5.41) is 3.34. The van der Waals surface area contributed by atoms with Crippen molar-refractivity contribution in [2.75, 3.05) is 6.54 Å². The fourth-order valence-corrected chi connectivity index (χ4v) is 0.999. The van der Waals surface area contributed by atoms with Crippen molar-refractivity contribution < 1.29 is 4.42 Å². The van der Waals surface area contributed by atoms with Gasteiger partial charge in [0, 0.05) is 0 Å². The van der Waals surface area contributed by atoms with Crippen molar-refractivity contribution in [2.45, 2.75) is 26.8 Å². The first-order valence-electron chi connectivity index (χ1n) is 4.56. The first kappa shape index (κ1) is 9.33. The van der Waals surface area contributed by atoms with Crippen LogP contribution < -0.4 is 5.32 Å². The molecule has 1 aromatic rings. The van der Waals surface area contributed by atoms with Crippen molar-refractivity contribution in [3.8, 4) is 0 Å². The van der Waals surface area contributed by atoms with Gasteiger partial charge in [0.25, 0.3) is 0 Å². The lowest BCUT2D eigenvalue weighted by molar-refractivity contribution is 0.448. The largest absolute Gasteiger partial charge is 0.468 e. The SMILES string of the molecule is CC[C@H](C)CNCc1ccco1. The number of hydrogen-bond donors (Lipinski definition) is 1. The van der Waals surface area contributed by atoms with E-state index in [2.05, 4.69) is 19.2 Å². The third-order valence-electron chi connectivity index (χ3n) is 2.07. The molecule has 0 fully saturated rings. The van der Waals surface area contributed by atoms with E-state index in [0.29, 0.717) is 0 Å². The maximum absolute atomic E-state index is 5.19. The highest BCUT2D eigenvalue weighted by Crippen LogP contribution is 2.01. The molecule has 0 unspecified atom stereocenters. The summed E-state index contributed by atoms with van der Waals surface area (Å²) in [6.07, 6.45) is 2.94. The lowest BCUT2D eigenvalue weighted by atomic mass is 10.1. The van der Waals surface area contributed by atoms with E-state index in [9.17, 15) is 0 Å². The minimum atomic E-state index is 0.750. The predicted molar refractivity (Wildman–Crippen MR) is 49.9 cm³/mol. The van der Waals surface area contributed by atoms with Gasteiger partial charge in [0.15, 0.2) is 0 Å². The molecule has 0 saturated carbocycles. The van der Waals surface area contributed by atoms with Crippen molar-refractivity contribution in [3.05, 3.63) is 24.2 Å². The summed E-state index contributed by atoms with van der Waals surface area (Å²) in [7, 11) is 0. The number of hydrogen-bond acceptors (Lipinski definition) is 2. The van der Waals surface area contributed by atoms with Crippen molar-refractivity contribution in [2.24, 2.45) is 5.92 Å². The quantitative estimate of drug-likeness (QED) is 0.728. The standard InChI is InChI=1S/C10H17NO/c1-3-9(2)7-11-8-10-5-4-6-12-10/h4-6,9,11H,3,7-8H2,1-2H3/t9-/m0/s1. The van der Waals surface area contributed by atoms with E-state index in [0.717, 1.165) is 24.8 Å². The summed E-state index contributed by atoms with van der Waals surface area (Å²) >= 11 is 0. The summed E-state index contributed by atoms with van der Waals surface area (Å²) in [6, 6.07) is 3.91. The molecule has 0 spiro atoms. The normalized spacial score (nSPS) is 13.2. The zero-order valence-corrected chi connectivity index (χ0v) is 7.84. The van der Waals surface area contributed by atoms with Crippen LogP contribution in [0.15, 0.2) is 22.8 Å². The van der Waals surface area contributed by atoms with E-state index in [4.69, 9.17) is 4.42 Å². The molecule has 0 radical (unpaired) electrons.